The van der Waals surface area contributed by atoms with Crippen molar-refractivity contribution < 1.29 is 14.3 Å². The number of benzene rings is 2. The van der Waals surface area contributed by atoms with Crippen LogP contribution in [0.3, 0.4) is 0 Å². The Labute approximate surface area is 236 Å². The molecule has 11 heteroatoms. The largest absolute Gasteiger partial charge is 0.382 e. The van der Waals surface area contributed by atoms with Crippen molar-refractivity contribution in [1.82, 2.24) is 14.7 Å². The summed E-state index contributed by atoms with van der Waals surface area (Å²) in [5, 5.41) is 10.5. The zero-order valence-corrected chi connectivity index (χ0v) is 23.7. The molecule has 2 amide bonds. The summed E-state index contributed by atoms with van der Waals surface area (Å²) in [6.07, 6.45) is 2.46. The summed E-state index contributed by atoms with van der Waals surface area (Å²) in [5.74, 6) is -0.401. The van der Waals surface area contributed by atoms with Gasteiger partial charge in [0.1, 0.15) is 5.69 Å². The third-order valence-electron chi connectivity index (χ3n) is 6.36. The van der Waals surface area contributed by atoms with Gasteiger partial charge >= 0.3 is 0 Å². The number of amides is 2. The first-order chi connectivity index (χ1) is 18.9. The second-order valence-electron chi connectivity index (χ2n) is 9.08. The van der Waals surface area contributed by atoms with E-state index in [0.717, 1.165) is 10.9 Å². The summed E-state index contributed by atoms with van der Waals surface area (Å²) in [6.45, 7) is 7.16. The minimum atomic E-state index is -0.241. The maximum absolute atomic E-state index is 13.5. The van der Waals surface area contributed by atoms with Crippen molar-refractivity contribution in [2.45, 2.75) is 20.3 Å². The first kappa shape index (κ1) is 28.3. The van der Waals surface area contributed by atoms with Gasteiger partial charge in [-0.2, -0.15) is 9.78 Å². The van der Waals surface area contributed by atoms with Gasteiger partial charge in [-0.25, -0.2) is 0 Å². The van der Waals surface area contributed by atoms with Gasteiger partial charge in [0.25, 0.3) is 11.5 Å². The Kier molecular flexibility index (Phi) is 9.72. The van der Waals surface area contributed by atoms with E-state index in [-0.39, 0.29) is 17.4 Å². The monoisotopic (exact) mass is 596 g/mol. The van der Waals surface area contributed by atoms with E-state index in [9.17, 15) is 14.4 Å². The number of piperazine rings is 1. The molecule has 10 nitrogen and oxygen atoms in total. The molecule has 206 valence electrons. The summed E-state index contributed by atoms with van der Waals surface area (Å²) in [4.78, 5) is 42.4. The van der Waals surface area contributed by atoms with Crippen LogP contribution in [-0.2, 0) is 9.53 Å². The van der Waals surface area contributed by atoms with Crippen molar-refractivity contribution in [3.05, 3.63) is 75.1 Å². The number of aromatic nitrogens is 2. The first-order valence-corrected chi connectivity index (χ1v) is 13.8. The molecule has 0 bridgehead atoms. The third kappa shape index (κ3) is 7.04. The zero-order valence-electron chi connectivity index (χ0n) is 22.2. The fraction of sp³-hybridized carbons (Fsp3) is 0.357. The van der Waals surface area contributed by atoms with Crippen molar-refractivity contribution in [1.29, 1.82) is 0 Å². The highest BCUT2D eigenvalue weighted by Gasteiger charge is 2.27. The predicted molar refractivity (Wildman–Crippen MR) is 156 cm³/mol. The fourth-order valence-electron chi connectivity index (χ4n) is 4.45. The molecule has 1 saturated heterocycles. The first-order valence-electron chi connectivity index (χ1n) is 13.0. The van der Waals surface area contributed by atoms with E-state index in [1.807, 2.05) is 37.3 Å². The highest BCUT2D eigenvalue weighted by Crippen LogP contribution is 2.26. The van der Waals surface area contributed by atoms with E-state index in [4.69, 9.17) is 4.74 Å². The Morgan fingerprint density at radius 2 is 1.82 bits per heavy atom. The van der Waals surface area contributed by atoms with Crippen LogP contribution in [0.4, 0.5) is 17.1 Å². The van der Waals surface area contributed by atoms with Gasteiger partial charge in [-0.1, -0.05) is 34.1 Å². The zero-order chi connectivity index (χ0) is 27.8. The van der Waals surface area contributed by atoms with Crippen LogP contribution in [0.1, 0.15) is 30.6 Å². The van der Waals surface area contributed by atoms with Crippen LogP contribution in [0, 0.1) is 0 Å². The Hall–Kier alpha value is -3.70. The highest BCUT2D eigenvalue weighted by atomic mass is 79.9. The quantitative estimate of drug-likeness (QED) is 0.343. The molecular formula is C28H33BrN6O4. The number of halogens is 1. The molecular weight excluding hydrogens is 564 g/mol. The van der Waals surface area contributed by atoms with Crippen LogP contribution in [0.25, 0.3) is 5.69 Å². The van der Waals surface area contributed by atoms with Crippen LogP contribution in [0.2, 0.25) is 0 Å². The number of hydrogen-bond acceptors (Lipinski definition) is 7. The fourth-order valence-corrected chi connectivity index (χ4v) is 4.81. The van der Waals surface area contributed by atoms with Crippen LogP contribution in [0.15, 0.2) is 64.0 Å². The lowest BCUT2D eigenvalue weighted by Crippen LogP contribution is -2.49. The lowest BCUT2D eigenvalue weighted by molar-refractivity contribution is -0.114. The summed E-state index contributed by atoms with van der Waals surface area (Å²) in [5.41, 5.74) is 2.54. The molecule has 0 aliphatic carbocycles. The van der Waals surface area contributed by atoms with Gasteiger partial charge in [0.15, 0.2) is 0 Å². The van der Waals surface area contributed by atoms with Gasteiger partial charge < -0.3 is 25.2 Å². The maximum Gasteiger partial charge on any atom is 0.296 e. The van der Waals surface area contributed by atoms with Crippen molar-refractivity contribution in [3.63, 3.8) is 0 Å². The van der Waals surface area contributed by atoms with Crippen LogP contribution in [0.5, 0.6) is 0 Å². The molecule has 0 saturated carbocycles. The lowest BCUT2D eigenvalue weighted by Gasteiger charge is -2.37. The molecule has 1 fully saturated rings. The maximum atomic E-state index is 13.5. The smallest absolute Gasteiger partial charge is 0.296 e. The van der Waals surface area contributed by atoms with Crippen LogP contribution >= 0.6 is 15.9 Å². The number of anilines is 3. The summed E-state index contributed by atoms with van der Waals surface area (Å²) < 4.78 is 7.59. The molecule has 1 aliphatic rings. The Bertz CT molecular complexity index is 1360. The molecule has 2 aromatic carbocycles. The van der Waals surface area contributed by atoms with Crippen LogP contribution in [-0.4, -0.2) is 72.4 Å². The number of hydrogen-bond donors (Lipinski definition) is 2. The number of ether oxygens (including phenoxy) is 1. The second-order valence-corrected chi connectivity index (χ2v) is 10.0. The van der Waals surface area contributed by atoms with Gasteiger partial charge in [0.2, 0.25) is 5.91 Å². The summed E-state index contributed by atoms with van der Waals surface area (Å²) in [6, 6.07) is 14.5. The molecule has 1 aliphatic heterocycles. The van der Waals surface area contributed by atoms with Crippen molar-refractivity contribution in [3.8, 4) is 5.69 Å². The van der Waals surface area contributed by atoms with Gasteiger partial charge in [0, 0.05) is 57.3 Å². The Balaban J connectivity index is 1.53. The molecule has 0 spiro atoms. The van der Waals surface area contributed by atoms with Gasteiger partial charge in [-0.05, 0) is 43.7 Å². The predicted octanol–water partition coefficient (Wildman–Crippen LogP) is 3.75. The molecule has 39 heavy (non-hydrogen) atoms. The molecule has 0 radical (unpaired) electrons. The highest BCUT2D eigenvalue weighted by molar-refractivity contribution is 9.10. The minimum absolute atomic E-state index is 0.161. The summed E-state index contributed by atoms with van der Waals surface area (Å²) in [7, 11) is 0. The number of carbonyl (C=O) groups is 2. The van der Waals surface area contributed by atoms with Crippen LogP contribution < -0.4 is 21.1 Å². The molecule has 0 atom stereocenters. The van der Waals surface area contributed by atoms with E-state index >= 15 is 0 Å². The number of nitrogens with one attached hydrogen (secondary N) is 2. The third-order valence-corrected chi connectivity index (χ3v) is 6.85. The average molecular weight is 598 g/mol. The minimum Gasteiger partial charge on any atom is -0.382 e. The number of rotatable bonds is 10. The molecule has 3 aromatic rings. The standard InChI is InChI=1S/C28H33BrN6O4/c1-3-39-17-7-12-30-26-25(19-31-35(28(26)38)22-8-5-4-6-9-22)33-13-15-34(16-14-33)27(37)23-18-21(29)10-11-24(23)32-20(2)36/h4-6,8-11,18-19,30H,3,7,12-17H2,1-2H3,(H,32,36). The normalized spacial score (nSPS) is 13.3. The Morgan fingerprint density at radius 1 is 1.08 bits per heavy atom. The Morgan fingerprint density at radius 3 is 2.51 bits per heavy atom. The molecule has 4 rings (SSSR count). The number of nitrogens with zero attached hydrogens (tertiary/aromatic N) is 4. The van der Waals surface area contributed by atoms with Gasteiger partial charge in [0.05, 0.1) is 28.8 Å². The topological polar surface area (TPSA) is 109 Å². The SMILES string of the molecule is CCOCCCNc1c(N2CCN(C(=O)c3cc(Br)ccc3NC(C)=O)CC2)cnn(-c2ccccc2)c1=O. The number of para-hydroxylation sites is 1. The van der Waals surface area contributed by atoms with E-state index in [1.54, 1.807) is 29.3 Å². The number of carbonyl (C=O) groups excluding carboxylic acids is 2. The average Bonchev–Trinajstić information content (AvgIpc) is 2.94. The van der Waals surface area contributed by atoms with Crippen molar-refractivity contribution >= 4 is 44.8 Å². The van der Waals surface area contributed by atoms with E-state index in [1.165, 1.54) is 11.6 Å². The molecule has 1 aromatic heterocycles. The molecule has 2 N–H and O–H groups in total. The molecule has 2 heterocycles. The van der Waals surface area contributed by atoms with E-state index in [2.05, 4.69) is 36.6 Å². The summed E-state index contributed by atoms with van der Waals surface area (Å²) >= 11 is 3.42. The van der Waals surface area contributed by atoms with Gasteiger partial charge in [-0.3, -0.25) is 14.4 Å². The second kappa shape index (κ2) is 13.4. The molecule has 0 unspecified atom stereocenters. The van der Waals surface area contributed by atoms with E-state index in [0.29, 0.717) is 74.3 Å². The van der Waals surface area contributed by atoms with E-state index < -0.39 is 0 Å². The van der Waals surface area contributed by atoms with Crippen molar-refractivity contribution in [2.24, 2.45) is 0 Å². The lowest BCUT2D eigenvalue weighted by atomic mass is 10.1. The van der Waals surface area contributed by atoms with Crippen molar-refractivity contribution in [2.75, 3.05) is 61.5 Å². The van der Waals surface area contributed by atoms with Gasteiger partial charge in [-0.15, -0.1) is 0 Å².